The molecule has 5 nitrogen and oxygen atoms in total. The molecule has 0 saturated heterocycles. The fraction of sp³-hybridized carbons (Fsp3) is 0.143. The van der Waals surface area contributed by atoms with Crippen molar-refractivity contribution in [2.24, 2.45) is 0 Å². The first-order valence-corrected chi connectivity index (χ1v) is 9.92. The third-order valence-corrected chi connectivity index (χ3v) is 5.48. The molecule has 0 aliphatic carbocycles. The standard InChI is InChI=1S/C21H16ClF2NO4S/c1-28-10-11-29-21(27)13-6-7-15(22)14(12-13)18-8-9-19(30-18)20(26)25(24)17-5-3-2-4-16(17)23/h2-9,12H,10-11H2,1H3. The molecule has 9 heteroatoms. The normalized spacial score (nSPS) is 10.7. The van der Waals surface area contributed by atoms with Crippen molar-refractivity contribution in [1.82, 2.24) is 0 Å². The maximum Gasteiger partial charge on any atom is 0.338 e. The third kappa shape index (κ3) is 4.84. The fourth-order valence-electron chi connectivity index (χ4n) is 2.56. The van der Waals surface area contributed by atoms with Crippen molar-refractivity contribution in [3.8, 4) is 10.4 Å². The maximum absolute atomic E-state index is 14.4. The van der Waals surface area contributed by atoms with E-state index in [0.29, 0.717) is 15.5 Å². The summed E-state index contributed by atoms with van der Waals surface area (Å²) in [5.41, 5.74) is 0.278. The summed E-state index contributed by atoms with van der Waals surface area (Å²) >= 11 is 7.21. The van der Waals surface area contributed by atoms with E-state index in [1.165, 1.54) is 43.5 Å². The minimum Gasteiger partial charge on any atom is -0.460 e. The van der Waals surface area contributed by atoms with Crippen molar-refractivity contribution in [3.05, 3.63) is 75.9 Å². The molecule has 0 aliphatic heterocycles. The third-order valence-electron chi connectivity index (χ3n) is 4.05. The van der Waals surface area contributed by atoms with Crippen LogP contribution in [0.1, 0.15) is 20.0 Å². The summed E-state index contributed by atoms with van der Waals surface area (Å²) in [6.45, 7) is 0.373. The largest absolute Gasteiger partial charge is 0.460 e. The van der Waals surface area contributed by atoms with Crippen LogP contribution in [0, 0.1) is 5.82 Å². The predicted octanol–water partition coefficient (Wildman–Crippen LogP) is 5.54. The SMILES string of the molecule is COCCOC(=O)c1ccc(Cl)c(-c2ccc(C(=O)N(F)c3ccccc3F)s2)c1. The molecule has 1 heterocycles. The van der Waals surface area contributed by atoms with Gasteiger partial charge < -0.3 is 9.47 Å². The number of hydrogen-bond donors (Lipinski definition) is 0. The number of carbonyl (C=O) groups excluding carboxylic acids is 2. The molecule has 3 aromatic rings. The van der Waals surface area contributed by atoms with Crippen LogP contribution in [0.2, 0.25) is 5.02 Å². The Kier molecular flexibility index (Phi) is 7.15. The van der Waals surface area contributed by atoms with Crippen LogP contribution in [-0.2, 0) is 9.47 Å². The molecule has 0 aliphatic rings. The number of benzene rings is 2. The van der Waals surface area contributed by atoms with Crippen molar-refractivity contribution in [1.29, 1.82) is 0 Å². The van der Waals surface area contributed by atoms with E-state index in [9.17, 15) is 18.5 Å². The highest BCUT2D eigenvalue weighted by Gasteiger charge is 2.23. The van der Waals surface area contributed by atoms with Crippen LogP contribution < -0.4 is 5.12 Å². The molecule has 0 atom stereocenters. The number of esters is 1. The highest BCUT2D eigenvalue weighted by molar-refractivity contribution is 7.17. The molecule has 0 bridgehead atoms. The molecule has 30 heavy (non-hydrogen) atoms. The molecule has 1 aromatic heterocycles. The second-order valence-electron chi connectivity index (χ2n) is 6.02. The van der Waals surface area contributed by atoms with Crippen molar-refractivity contribution >= 4 is 40.5 Å². The number of nitrogens with zero attached hydrogens (tertiary/aromatic N) is 1. The van der Waals surface area contributed by atoms with E-state index in [1.807, 2.05) is 0 Å². The van der Waals surface area contributed by atoms with Gasteiger partial charge in [0.2, 0.25) is 0 Å². The van der Waals surface area contributed by atoms with Crippen LogP contribution in [0.4, 0.5) is 14.6 Å². The van der Waals surface area contributed by atoms with Gasteiger partial charge in [-0.25, -0.2) is 9.18 Å². The molecule has 156 valence electrons. The first-order chi connectivity index (χ1) is 14.4. The van der Waals surface area contributed by atoms with Gasteiger partial charge in [0.15, 0.2) is 0 Å². The number of hydrogen-bond acceptors (Lipinski definition) is 5. The van der Waals surface area contributed by atoms with Crippen LogP contribution in [0.5, 0.6) is 0 Å². The van der Waals surface area contributed by atoms with E-state index >= 15 is 0 Å². The topological polar surface area (TPSA) is 55.8 Å². The van der Waals surface area contributed by atoms with Gasteiger partial charge in [0, 0.05) is 22.6 Å². The summed E-state index contributed by atoms with van der Waals surface area (Å²) in [7, 11) is 1.49. The van der Waals surface area contributed by atoms with Crippen LogP contribution >= 0.6 is 22.9 Å². The van der Waals surface area contributed by atoms with Gasteiger partial charge in [-0.1, -0.05) is 28.2 Å². The number of rotatable bonds is 7. The van der Waals surface area contributed by atoms with E-state index in [2.05, 4.69) is 0 Å². The minimum absolute atomic E-state index is 0.0416. The van der Waals surface area contributed by atoms with E-state index in [-0.39, 0.29) is 28.8 Å². The van der Waals surface area contributed by atoms with Gasteiger partial charge >= 0.3 is 5.97 Å². The average Bonchev–Trinajstić information content (AvgIpc) is 3.23. The Hall–Kier alpha value is -2.81. The van der Waals surface area contributed by atoms with Gasteiger partial charge in [0.05, 0.1) is 17.0 Å². The van der Waals surface area contributed by atoms with Gasteiger partial charge in [-0.2, -0.15) is 0 Å². The van der Waals surface area contributed by atoms with Crippen molar-refractivity contribution in [2.75, 3.05) is 25.4 Å². The molecular formula is C21H16ClF2NO4S. The molecular weight excluding hydrogens is 436 g/mol. The highest BCUT2D eigenvalue weighted by atomic mass is 35.5. The average molecular weight is 452 g/mol. The Morgan fingerprint density at radius 2 is 1.87 bits per heavy atom. The zero-order valence-corrected chi connectivity index (χ0v) is 17.3. The minimum atomic E-state index is -1.01. The molecule has 0 fully saturated rings. The van der Waals surface area contributed by atoms with Gasteiger partial charge in [-0.05, 0) is 42.5 Å². The molecule has 0 spiro atoms. The van der Waals surface area contributed by atoms with Crippen molar-refractivity contribution in [2.45, 2.75) is 0 Å². The molecule has 3 rings (SSSR count). The number of para-hydroxylation sites is 1. The van der Waals surface area contributed by atoms with Crippen LogP contribution in [0.25, 0.3) is 10.4 Å². The van der Waals surface area contributed by atoms with Gasteiger partial charge in [0.1, 0.15) is 18.1 Å². The summed E-state index contributed by atoms with van der Waals surface area (Å²) in [6.07, 6.45) is 0. The molecule has 0 saturated carbocycles. The second-order valence-corrected chi connectivity index (χ2v) is 7.52. The quantitative estimate of drug-likeness (QED) is 0.269. The number of anilines is 1. The van der Waals surface area contributed by atoms with Crippen molar-refractivity contribution < 1.29 is 27.9 Å². The van der Waals surface area contributed by atoms with Crippen molar-refractivity contribution in [3.63, 3.8) is 0 Å². The lowest BCUT2D eigenvalue weighted by molar-refractivity contribution is 0.0388. The Morgan fingerprint density at radius 1 is 1.10 bits per heavy atom. The molecule has 1 amide bonds. The second kappa shape index (κ2) is 9.80. The fourth-order valence-corrected chi connectivity index (χ4v) is 3.79. The number of ether oxygens (including phenoxy) is 2. The molecule has 0 N–H and O–H groups in total. The van der Waals surface area contributed by atoms with Gasteiger partial charge in [-0.3, -0.25) is 4.79 Å². The lowest BCUT2D eigenvalue weighted by atomic mass is 10.1. The number of halogens is 3. The van der Waals surface area contributed by atoms with Crippen LogP contribution in [-0.4, -0.2) is 32.2 Å². The van der Waals surface area contributed by atoms with E-state index in [4.69, 9.17) is 21.1 Å². The Balaban J connectivity index is 1.83. The Morgan fingerprint density at radius 3 is 2.60 bits per heavy atom. The summed E-state index contributed by atoms with van der Waals surface area (Å²) in [4.78, 5) is 25.1. The number of thiophene rings is 1. The highest BCUT2D eigenvalue weighted by Crippen LogP contribution is 2.35. The van der Waals surface area contributed by atoms with E-state index in [1.54, 1.807) is 6.07 Å². The smallest absolute Gasteiger partial charge is 0.338 e. The van der Waals surface area contributed by atoms with E-state index in [0.717, 1.165) is 23.5 Å². The maximum atomic E-state index is 14.4. The van der Waals surface area contributed by atoms with Crippen LogP contribution in [0.3, 0.4) is 0 Å². The van der Waals surface area contributed by atoms with Gasteiger partial charge in [-0.15, -0.1) is 16.5 Å². The zero-order valence-electron chi connectivity index (χ0n) is 15.7. The molecule has 2 aromatic carbocycles. The Bertz CT molecular complexity index is 1070. The molecule has 0 radical (unpaired) electrons. The lowest BCUT2D eigenvalue weighted by Crippen LogP contribution is -2.21. The number of carbonyl (C=O) groups is 2. The predicted molar refractivity (Wildman–Crippen MR) is 111 cm³/mol. The zero-order chi connectivity index (χ0) is 21.7. The lowest BCUT2D eigenvalue weighted by Gasteiger charge is -2.11. The summed E-state index contributed by atoms with van der Waals surface area (Å²) in [6, 6.07) is 12.6. The summed E-state index contributed by atoms with van der Waals surface area (Å²) in [5.74, 6) is -2.41. The van der Waals surface area contributed by atoms with Gasteiger partial charge in [0.25, 0.3) is 5.91 Å². The summed E-state index contributed by atoms with van der Waals surface area (Å²) < 4.78 is 38.1. The Labute approximate surface area is 180 Å². The monoisotopic (exact) mass is 451 g/mol. The number of methoxy groups -OCH3 is 1. The van der Waals surface area contributed by atoms with E-state index < -0.39 is 23.4 Å². The first-order valence-electron chi connectivity index (χ1n) is 8.73. The number of amides is 1. The summed E-state index contributed by atoms with van der Waals surface area (Å²) in [5, 5.41) is 0.103. The first kappa shape index (κ1) is 21.9. The molecule has 0 unspecified atom stereocenters. The van der Waals surface area contributed by atoms with Crippen LogP contribution in [0.15, 0.2) is 54.6 Å².